The fraction of sp³-hybridized carbons (Fsp3) is 0.273. The number of amides is 1. The fourth-order valence-electron chi connectivity index (χ4n) is 2.54. The zero-order chi connectivity index (χ0) is 20.7. The lowest BCUT2D eigenvalue weighted by Gasteiger charge is -2.15. The first-order valence-corrected chi connectivity index (χ1v) is 8.85. The molecule has 0 aromatic heterocycles. The van der Waals surface area contributed by atoms with Gasteiger partial charge < -0.3 is 14.8 Å². The number of benzene rings is 2. The number of carbonyl (C=O) groups is 2. The number of carbonyl (C=O) groups excluding carboxylic acids is 2. The van der Waals surface area contributed by atoms with Gasteiger partial charge in [-0.05, 0) is 61.2 Å². The molecule has 0 aliphatic rings. The number of hydrogen-bond donors (Lipinski definition) is 1. The van der Waals surface area contributed by atoms with Crippen LogP contribution in [-0.4, -0.2) is 25.6 Å². The first kappa shape index (κ1) is 21.2. The summed E-state index contributed by atoms with van der Waals surface area (Å²) in [7, 11) is 1.37. The van der Waals surface area contributed by atoms with Crippen molar-refractivity contribution in [1.29, 1.82) is 0 Å². The molecule has 0 aliphatic heterocycles. The van der Waals surface area contributed by atoms with E-state index >= 15 is 0 Å². The Morgan fingerprint density at radius 3 is 2.54 bits per heavy atom. The number of ether oxygens (including phenoxy) is 2. The number of nitrogens with one attached hydrogen (secondary N) is 1. The van der Waals surface area contributed by atoms with Gasteiger partial charge in [0.15, 0.2) is 18.2 Å². The number of rotatable bonds is 7. The molecule has 0 saturated heterocycles. The molecule has 0 fully saturated rings. The van der Waals surface area contributed by atoms with Gasteiger partial charge in [-0.2, -0.15) is 0 Å². The molecule has 0 aliphatic carbocycles. The van der Waals surface area contributed by atoms with Crippen molar-refractivity contribution < 1.29 is 23.5 Å². The van der Waals surface area contributed by atoms with Crippen molar-refractivity contribution in [2.45, 2.75) is 26.8 Å². The van der Waals surface area contributed by atoms with Gasteiger partial charge in [0.05, 0.1) is 13.2 Å². The number of aryl methyl sites for hydroxylation is 2. The van der Waals surface area contributed by atoms with Crippen LogP contribution < -0.4 is 10.1 Å². The van der Waals surface area contributed by atoms with E-state index in [1.165, 1.54) is 30.9 Å². The predicted molar refractivity (Wildman–Crippen MR) is 105 cm³/mol. The highest BCUT2D eigenvalue weighted by molar-refractivity contribution is 5.89. The summed E-state index contributed by atoms with van der Waals surface area (Å²) in [5, 5.41) is 2.79. The van der Waals surface area contributed by atoms with E-state index in [2.05, 4.69) is 5.32 Å². The minimum Gasteiger partial charge on any atom is -0.494 e. The second-order valence-corrected chi connectivity index (χ2v) is 6.47. The monoisotopic (exact) mass is 385 g/mol. The highest BCUT2D eigenvalue weighted by Crippen LogP contribution is 2.18. The lowest BCUT2D eigenvalue weighted by atomic mass is 10.0. The second kappa shape index (κ2) is 9.69. The van der Waals surface area contributed by atoms with Gasteiger partial charge in [0.2, 0.25) is 0 Å². The predicted octanol–water partition coefficient (Wildman–Crippen LogP) is 3.88. The molecule has 2 aromatic carbocycles. The van der Waals surface area contributed by atoms with E-state index < -0.39 is 24.3 Å². The van der Waals surface area contributed by atoms with Crippen LogP contribution in [0.25, 0.3) is 6.08 Å². The van der Waals surface area contributed by atoms with Gasteiger partial charge in [-0.25, -0.2) is 9.18 Å². The van der Waals surface area contributed by atoms with E-state index in [9.17, 15) is 14.0 Å². The maximum atomic E-state index is 13.6. The van der Waals surface area contributed by atoms with Gasteiger partial charge >= 0.3 is 5.97 Å². The van der Waals surface area contributed by atoms with E-state index in [1.54, 1.807) is 6.07 Å². The van der Waals surface area contributed by atoms with Crippen LogP contribution in [0.4, 0.5) is 4.39 Å². The highest BCUT2D eigenvalue weighted by atomic mass is 19.1. The van der Waals surface area contributed by atoms with Gasteiger partial charge in [0, 0.05) is 6.08 Å². The molecule has 0 saturated carbocycles. The van der Waals surface area contributed by atoms with Gasteiger partial charge in [-0.3, -0.25) is 4.79 Å². The number of methoxy groups -OCH3 is 1. The lowest BCUT2D eigenvalue weighted by Crippen LogP contribution is -2.31. The summed E-state index contributed by atoms with van der Waals surface area (Å²) < 4.78 is 23.4. The molecule has 0 unspecified atom stereocenters. The molecule has 1 amide bonds. The second-order valence-electron chi connectivity index (χ2n) is 6.47. The fourth-order valence-corrected chi connectivity index (χ4v) is 2.54. The molecule has 148 valence electrons. The van der Waals surface area contributed by atoms with Crippen molar-refractivity contribution >= 4 is 18.0 Å². The Kier molecular flexibility index (Phi) is 7.32. The molecule has 6 heteroatoms. The summed E-state index contributed by atoms with van der Waals surface area (Å²) in [4.78, 5) is 23.8. The van der Waals surface area contributed by atoms with Gasteiger partial charge in [-0.15, -0.1) is 0 Å². The van der Waals surface area contributed by atoms with Gasteiger partial charge in [0.25, 0.3) is 5.91 Å². The quantitative estimate of drug-likeness (QED) is 0.580. The average Bonchev–Trinajstić information content (AvgIpc) is 2.66. The Hall–Kier alpha value is -3.15. The zero-order valence-electron chi connectivity index (χ0n) is 16.4. The summed E-state index contributed by atoms with van der Waals surface area (Å²) in [5.74, 6) is -1.50. The average molecular weight is 385 g/mol. The SMILES string of the molecule is COc1ccc(/C=C/C(=O)OCC(=O)N[C@H](C)c2ccc(C)c(C)c2)cc1F. The number of esters is 1. The Morgan fingerprint density at radius 2 is 1.89 bits per heavy atom. The molecular formula is C22H24FNO4. The van der Waals surface area contributed by atoms with Crippen molar-refractivity contribution in [3.63, 3.8) is 0 Å². The van der Waals surface area contributed by atoms with Crippen molar-refractivity contribution in [1.82, 2.24) is 5.32 Å². The molecular weight excluding hydrogens is 361 g/mol. The lowest BCUT2D eigenvalue weighted by molar-refractivity contribution is -0.144. The number of halogens is 1. The van der Waals surface area contributed by atoms with Gasteiger partial charge in [0.1, 0.15) is 0 Å². The standard InChI is InChI=1S/C22H24FNO4/c1-14-5-8-18(11-15(14)2)16(3)24-21(25)13-28-22(26)10-7-17-6-9-20(27-4)19(23)12-17/h5-12,16H,13H2,1-4H3,(H,24,25)/b10-7+/t16-/m1/s1. The summed E-state index contributed by atoms with van der Waals surface area (Å²) in [6.07, 6.45) is 2.54. The van der Waals surface area contributed by atoms with E-state index in [-0.39, 0.29) is 11.8 Å². The molecule has 2 rings (SSSR count). The molecule has 0 bridgehead atoms. The van der Waals surface area contributed by atoms with Crippen LogP contribution in [-0.2, 0) is 14.3 Å². The summed E-state index contributed by atoms with van der Waals surface area (Å²) in [6.45, 7) is 5.50. The number of hydrogen-bond acceptors (Lipinski definition) is 4. The summed E-state index contributed by atoms with van der Waals surface area (Å²) in [6, 6.07) is 10.1. The van der Waals surface area contributed by atoms with Crippen molar-refractivity contribution in [3.8, 4) is 5.75 Å². The Balaban J connectivity index is 1.83. The first-order valence-electron chi connectivity index (χ1n) is 8.85. The van der Waals surface area contributed by atoms with Crippen molar-refractivity contribution in [2.24, 2.45) is 0 Å². The normalized spacial score (nSPS) is 11.9. The Bertz CT molecular complexity index is 892. The van der Waals surface area contributed by atoms with E-state index in [1.807, 2.05) is 39.0 Å². The topological polar surface area (TPSA) is 64.6 Å². The first-order chi connectivity index (χ1) is 13.3. The largest absolute Gasteiger partial charge is 0.494 e. The molecule has 1 atom stereocenters. The summed E-state index contributed by atoms with van der Waals surface area (Å²) >= 11 is 0. The minimum atomic E-state index is -0.690. The smallest absolute Gasteiger partial charge is 0.331 e. The van der Waals surface area contributed by atoms with Crippen LogP contribution in [0.15, 0.2) is 42.5 Å². The maximum absolute atomic E-state index is 13.6. The molecule has 0 heterocycles. The van der Waals surface area contributed by atoms with Crippen LogP contribution in [0.2, 0.25) is 0 Å². The minimum absolute atomic E-state index is 0.120. The molecule has 28 heavy (non-hydrogen) atoms. The van der Waals surface area contributed by atoms with Gasteiger partial charge in [-0.1, -0.05) is 24.3 Å². The molecule has 1 N–H and O–H groups in total. The van der Waals surface area contributed by atoms with Crippen LogP contribution in [0.5, 0.6) is 5.75 Å². The third-order valence-electron chi connectivity index (χ3n) is 4.34. The van der Waals surface area contributed by atoms with E-state index in [0.29, 0.717) is 5.56 Å². The Morgan fingerprint density at radius 1 is 1.14 bits per heavy atom. The highest BCUT2D eigenvalue weighted by Gasteiger charge is 2.12. The molecule has 2 aromatic rings. The van der Waals surface area contributed by atoms with Crippen LogP contribution >= 0.6 is 0 Å². The van der Waals surface area contributed by atoms with Crippen LogP contribution in [0.3, 0.4) is 0 Å². The molecule has 5 nitrogen and oxygen atoms in total. The van der Waals surface area contributed by atoms with E-state index in [0.717, 1.165) is 17.2 Å². The molecule has 0 spiro atoms. The third-order valence-corrected chi connectivity index (χ3v) is 4.34. The maximum Gasteiger partial charge on any atom is 0.331 e. The van der Waals surface area contributed by atoms with Crippen molar-refractivity contribution in [3.05, 3.63) is 70.5 Å². The molecule has 0 radical (unpaired) electrons. The van der Waals surface area contributed by atoms with Crippen LogP contribution in [0, 0.1) is 19.7 Å². The van der Waals surface area contributed by atoms with E-state index in [4.69, 9.17) is 9.47 Å². The van der Waals surface area contributed by atoms with Crippen molar-refractivity contribution in [2.75, 3.05) is 13.7 Å². The zero-order valence-corrected chi connectivity index (χ0v) is 16.4. The van der Waals surface area contributed by atoms with Crippen LogP contribution in [0.1, 0.15) is 35.2 Å². The third kappa shape index (κ3) is 5.94. The Labute approximate surface area is 164 Å². The summed E-state index contributed by atoms with van der Waals surface area (Å²) in [5.41, 5.74) is 3.78.